The van der Waals surface area contributed by atoms with Crippen molar-refractivity contribution in [3.05, 3.63) is 65.7 Å². The fraction of sp³-hybridized carbons (Fsp3) is 0.370. The molecule has 2 N–H and O–H groups in total. The van der Waals surface area contributed by atoms with Gasteiger partial charge in [-0.2, -0.15) is 0 Å². The fourth-order valence-electron chi connectivity index (χ4n) is 4.41. The number of ether oxygens (including phenoxy) is 1. The summed E-state index contributed by atoms with van der Waals surface area (Å²) in [6, 6.07) is 17.4. The highest BCUT2D eigenvalue weighted by molar-refractivity contribution is 6.07. The average Bonchev–Trinajstić information content (AvgIpc) is 3.68. The van der Waals surface area contributed by atoms with Crippen LogP contribution in [0.1, 0.15) is 53.3 Å². The molecule has 1 aliphatic carbocycles. The van der Waals surface area contributed by atoms with E-state index in [0.717, 1.165) is 42.3 Å². The molecule has 2 aromatic carbocycles. The normalized spacial score (nSPS) is 16.3. The fourth-order valence-corrected chi connectivity index (χ4v) is 4.41. The number of para-hydroxylation sites is 1. The van der Waals surface area contributed by atoms with Gasteiger partial charge in [0.25, 0.3) is 11.8 Å². The number of aromatic nitrogens is 1. The topological polar surface area (TPSA) is 83.6 Å². The van der Waals surface area contributed by atoms with Crippen LogP contribution in [0.25, 0.3) is 10.9 Å². The van der Waals surface area contributed by atoms with E-state index in [1.165, 1.54) is 0 Å². The van der Waals surface area contributed by atoms with E-state index in [9.17, 15) is 9.59 Å². The average molecular weight is 459 g/mol. The van der Waals surface area contributed by atoms with Gasteiger partial charge in [-0.15, -0.1) is 0 Å². The highest BCUT2D eigenvalue weighted by atomic mass is 16.5. The van der Waals surface area contributed by atoms with Crippen LogP contribution in [0.3, 0.4) is 0 Å². The Balaban J connectivity index is 1.24. The van der Waals surface area contributed by atoms with E-state index in [2.05, 4.69) is 10.6 Å². The number of carbonyl (C=O) groups is 2. The van der Waals surface area contributed by atoms with E-state index in [0.29, 0.717) is 42.7 Å². The molecule has 1 aromatic heterocycles. The highest BCUT2D eigenvalue weighted by Crippen LogP contribution is 2.25. The lowest BCUT2D eigenvalue weighted by Gasteiger charge is -2.33. The zero-order valence-corrected chi connectivity index (χ0v) is 19.4. The lowest BCUT2D eigenvalue weighted by atomic mass is 10.0. The van der Waals surface area contributed by atoms with Crippen molar-refractivity contribution in [2.45, 2.75) is 44.7 Å². The monoisotopic (exact) mass is 458 g/mol. The molecule has 0 radical (unpaired) electrons. The van der Waals surface area contributed by atoms with E-state index in [1.807, 2.05) is 66.4 Å². The van der Waals surface area contributed by atoms with Gasteiger partial charge in [0.2, 0.25) is 0 Å². The summed E-state index contributed by atoms with van der Waals surface area (Å²) < 4.78 is 5.46. The Bertz CT molecular complexity index is 1180. The summed E-state index contributed by atoms with van der Waals surface area (Å²) in [5.41, 5.74) is 2.14. The van der Waals surface area contributed by atoms with Crippen LogP contribution < -0.4 is 15.4 Å². The van der Waals surface area contributed by atoms with Gasteiger partial charge in [0, 0.05) is 36.1 Å². The molecule has 7 heteroatoms. The van der Waals surface area contributed by atoms with Gasteiger partial charge in [-0.3, -0.25) is 9.59 Å². The number of amides is 2. The van der Waals surface area contributed by atoms with E-state index in [4.69, 9.17) is 9.72 Å². The quantitative estimate of drug-likeness (QED) is 0.553. The second kappa shape index (κ2) is 9.71. The number of carbonyl (C=O) groups excluding carboxylic acids is 2. The van der Waals surface area contributed by atoms with Crippen LogP contribution in [0.4, 0.5) is 5.82 Å². The molecular formula is C27H30N4O3. The van der Waals surface area contributed by atoms with Crippen LogP contribution in [0, 0.1) is 0 Å². The van der Waals surface area contributed by atoms with Crippen LogP contribution in [0.2, 0.25) is 0 Å². The number of benzene rings is 2. The maximum Gasteiger partial charge on any atom is 0.253 e. The van der Waals surface area contributed by atoms with Crippen molar-refractivity contribution in [1.82, 2.24) is 15.2 Å². The van der Waals surface area contributed by atoms with Crippen LogP contribution in [0.5, 0.6) is 5.75 Å². The Morgan fingerprint density at radius 3 is 2.44 bits per heavy atom. The molecule has 2 fully saturated rings. The summed E-state index contributed by atoms with van der Waals surface area (Å²) in [4.78, 5) is 32.4. The molecule has 0 unspecified atom stereocenters. The van der Waals surface area contributed by atoms with Crippen LogP contribution in [0.15, 0.2) is 54.6 Å². The molecule has 1 saturated heterocycles. The van der Waals surface area contributed by atoms with E-state index in [1.54, 1.807) is 0 Å². The van der Waals surface area contributed by atoms with Gasteiger partial charge in [-0.1, -0.05) is 18.2 Å². The van der Waals surface area contributed by atoms with Crippen molar-refractivity contribution in [2.24, 2.45) is 0 Å². The molecule has 5 rings (SSSR count). The number of hydrogen-bond acceptors (Lipinski definition) is 5. The van der Waals surface area contributed by atoms with Gasteiger partial charge in [-0.25, -0.2) is 4.98 Å². The van der Waals surface area contributed by atoms with E-state index < -0.39 is 0 Å². The van der Waals surface area contributed by atoms with Crippen LogP contribution >= 0.6 is 0 Å². The van der Waals surface area contributed by atoms with Gasteiger partial charge >= 0.3 is 0 Å². The summed E-state index contributed by atoms with van der Waals surface area (Å²) in [5, 5.41) is 7.47. The number of likely N-dealkylation sites (tertiary alicyclic amines) is 1. The Morgan fingerprint density at radius 2 is 1.74 bits per heavy atom. The Hall–Kier alpha value is -3.61. The Labute approximate surface area is 199 Å². The first-order valence-electron chi connectivity index (χ1n) is 12.1. The summed E-state index contributed by atoms with van der Waals surface area (Å²) in [6.07, 6.45) is 3.74. The SMILES string of the molecule is CCOc1ccc(C(=O)N2CCC(Nc3cc(C(=O)NC4CC4)c4ccccc4n3)CC2)cc1. The van der Waals surface area contributed by atoms with Crippen molar-refractivity contribution in [3.8, 4) is 5.75 Å². The second-order valence-electron chi connectivity index (χ2n) is 8.99. The molecule has 7 nitrogen and oxygen atoms in total. The highest BCUT2D eigenvalue weighted by Gasteiger charge is 2.26. The Morgan fingerprint density at radius 1 is 1.00 bits per heavy atom. The van der Waals surface area contributed by atoms with Crippen LogP contribution in [-0.2, 0) is 0 Å². The molecule has 1 saturated carbocycles. The summed E-state index contributed by atoms with van der Waals surface area (Å²) in [7, 11) is 0. The Kier molecular flexibility index (Phi) is 6.34. The molecule has 2 amide bonds. The molecule has 1 aliphatic heterocycles. The summed E-state index contributed by atoms with van der Waals surface area (Å²) in [6.45, 7) is 3.89. The standard InChI is InChI=1S/C27H30N4O3/c1-2-34-21-11-7-18(8-12-21)27(33)31-15-13-20(14-16-31)28-25-17-23(26(32)29-19-9-10-19)22-5-3-4-6-24(22)30-25/h3-8,11-12,17,19-20H,2,9-10,13-16H2,1H3,(H,28,30)(H,29,32). The number of fused-ring (bicyclic) bond motifs is 1. The minimum Gasteiger partial charge on any atom is -0.494 e. The lowest BCUT2D eigenvalue weighted by molar-refractivity contribution is 0.0718. The molecular weight excluding hydrogens is 428 g/mol. The number of piperidine rings is 1. The van der Waals surface area contributed by atoms with Crippen molar-refractivity contribution < 1.29 is 14.3 Å². The molecule has 0 spiro atoms. The third-order valence-electron chi connectivity index (χ3n) is 6.42. The second-order valence-corrected chi connectivity index (χ2v) is 8.99. The maximum atomic E-state index is 12.9. The third kappa shape index (κ3) is 4.98. The van der Waals surface area contributed by atoms with Gasteiger partial charge in [0.05, 0.1) is 17.7 Å². The van der Waals surface area contributed by atoms with E-state index >= 15 is 0 Å². The zero-order chi connectivity index (χ0) is 23.5. The molecule has 176 valence electrons. The summed E-state index contributed by atoms with van der Waals surface area (Å²) >= 11 is 0. The molecule has 3 aromatic rings. The lowest BCUT2D eigenvalue weighted by Crippen LogP contribution is -2.42. The maximum absolute atomic E-state index is 12.9. The van der Waals surface area contributed by atoms with E-state index in [-0.39, 0.29) is 17.9 Å². The number of nitrogens with zero attached hydrogens (tertiary/aromatic N) is 2. The number of rotatable bonds is 7. The third-order valence-corrected chi connectivity index (χ3v) is 6.42. The number of anilines is 1. The molecule has 2 heterocycles. The molecule has 0 atom stereocenters. The van der Waals surface area contributed by atoms with Crippen LogP contribution in [-0.4, -0.2) is 53.5 Å². The predicted octanol–water partition coefficient (Wildman–Crippen LogP) is 4.24. The van der Waals surface area contributed by atoms with Gasteiger partial charge in [0.15, 0.2) is 0 Å². The summed E-state index contributed by atoms with van der Waals surface area (Å²) in [5.74, 6) is 1.48. The van der Waals surface area contributed by atoms with Gasteiger partial charge in [0.1, 0.15) is 11.6 Å². The van der Waals surface area contributed by atoms with Gasteiger partial charge < -0.3 is 20.3 Å². The largest absolute Gasteiger partial charge is 0.494 e. The minimum absolute atomic E-state index is 0.0417. The number of hydrogen-bond donors (Lipinski definition) is 2. The number of pyridine rings is 1. The number of nitrogens with one attached hydrogen (secondary N) is 2. The zero-order valence-electron chi connectivity index (χ0n) is 19.4. The first-order valence-corrected chi connectivity index (χ1v) is 12.1. The minimum atomic E-state index is -0.0417. The van der Waals surface area contributed by atoms with Crippen molar-refractivity contribution in [3.63, 3.8) is 0 Å². The molecule has 2 aliphatic rings. The van der Waals surface area contributed by atoms with Crippen molar-refractivity contribution >= 4 is 28.5 Å². The van der Waals surface area contributed by atoms with Crippen molar-refractivity contribution in [2.75, 3.05) is 25.0 Å². The van der Waals surface area contributed by atoms with Crippen molar-refractivity contribution in [1.29, 1.82) is 0 Å². The predicted molar refractivity (Wildman–Crippen MR) is 132 cm³/mol. The first kappa shape index (κ1) is 22.2. The van der Waals surface area contributed by atoms with Gasteiger partial charge in [-0.05, 0) is 69.0 Å². The smallest absolute Gasteiger partial charge is 0.253 e. The molecule has 34 heavy (non-hydrogen) atoms. The first-order chi connectivity index (χ1) is 16.6. The molecule has 0 bridgehead atoms.